The lowest BCUT2D eigenvalue weighted by Gasteiger charge is -2.31. The average Bonchev–Trinajstić information content (AvgIpc) is 2.52. The zero-order valence-electron chi connectivity index (χ0n) is 12.3. The number of halogens is 1. The zero-order valence-corrected chi connectivity index (χ0v) is 13.1. The zero-order chi connectivity index (χ0) is 14.8. The molecule has 2 aromatic rings. The molecule has 1 atom stereocenters. The molecular formula is C17H21ClN2O. The number of para-hydroxylation sites is 1. The largest absolute Gasteiger partial charge is 0.396 e. The van der Waals surface area contributed by atoms with Crippen molar-refractivity contribution in [2.45, 2.75) is 26.3 Å². The average molecular weight is 305 g/mol. The Hall–Kier alpha value is -1.16. The molecule has 0 aliphatic carbocycles. The van der Waals surface area contributed by atoms with Crippen molar-refractivity contribution in [3.8, 4) is 0 Å². The molecule has 3 nitrogen and oxygen atoms in total. The highest BCUT2D eigenvalue weighted by molar-refractivity contribution is 6.32. The fraction of sp³-hybridized carbons (Fsp3) is 0.471. The van der Waals surface area contributed by atoms with E-state index in [0.717, 1.165) is 59.7 Å². The Labute approximate surface area is 130 Å². The molecule has 4 heteroatoms. The molecule has 2 heterocycles. The number of piperidine rings is 1. The number of likely N-dealkylation sites (tertiary alicyclic amines) is 1. The summed E-state index contributed by atoms with van der Waals surface area (Å²) in [6.45, 7) is 5.08. The number of aliphatic hydroxyl groups is 1. The fourth-order valence-corrected chi connectivity index (χ4v) is 3.38. The second-order valence-electron chi connectivity index (χ2n) is 5.94. The van der Waals surface area contributed by atoms with E-state index in [1.54, 1.807) is 0 Å². The fourth-order valence-electron chi connectivity index (χ4n) is 3.18. The summed E-state index contributed by atoms with van der Waals surface area (Å²) in [4.78, 5) is 7.10. The van der Waals surface area contributed by atoms with Crippen LogP contribution in [0.25, 0.3) is 10.9 Å². The van der Waals surface area contributed by atoms with Crippen molar-refractivity contribution in [1.29, 1.82) is 0 Å². The van der Waals surface area contributed by atoms with Crippen molar-refractivity contribution in [2.75, 3.05) is 19.7 Å². The second-order valence-corrected chi connectivity index (χ2v) is 6.32. The summed E-state index contributed by atoms with van der Waals surface area (Å²) in [5.41, 5.74) is 3.06. The van der Waals surface area contributed by atoms with Crippen LogP contribution in [0.2, 0.25) is 5.02 Å². The van der Waals surface area contributed by atoms with Crippen molar-refractivity contribution in [3.05, 3.63) is 40.5 Å². The van der Waals surface area contributed by atoms with Gasteiger partial charge in [-0.2, -0.15) is 0 Å². The van der Waals surface area contributed by atoms with E-state index in [9.17, 15) is 5.11 Å². The number of fused-ring (bicyclic) bond motifs is 1. The van der Waals surface area contributed by atoms with Gasteiger partial charge < -0.3 is 5.11 Å². The molecule has 1 saturated heterocycles. The standard InChI is InChI=1S/C17H21ClN2O/c1-12-14-6-2-3-7-15(14)19-16(17(12)18)10-20-8-4-5-13(9-20)11-21/h2-3,6-7,13,21H,4-5,8-11H2,1H3. The van der Waals surface area contributed by atoms with Crippen molar-refractivity contribution in [3.63, 3.8) is 0 Å². The molecule has 1 aliphatic heterocycles. The number of rotatable bonds is 3. The highest BCUT2D eigenvalue weighted by Crippen LogP contribution is 2.28. The van der Waals surface area contributed by atoms with Crippen molar-refractivity contribution in [1.82, 2.24) is 9.88 Å². The van der Waals surface area contributed by atoms with Gasteiger partial charge in [0.25, 0.3) is 0 Å². The first-order chi connectivity index (χ1) is 10.2. The lowest BCUT2D eigenvalue weighted by Crippen LogP contribution is -2.36. The number of aliphatic hydroxyl groups excluding tert-OH is 1. The van der Waals surface area contributed by atoms with E-state index in [4.69, 9.17) is 16.6 Å². The summed E-state index contributed by atoms with van der Waals surface area (Å²) in [6.07, 6.45) is 2.25. The minimum Gasteiger partial charge on any atom is -0.396 e. The molecule has 1 aromatic heterocycles. The molecule has 3 rings (SSSR count). The molecule has 0 spiro atoms. The smallest absolute Gasteiger partial charge is 0.0740 e. The van der Waals surface area contributed by atoms with Gasteiger partial charge in [0.2, 0.25) is 0 Å². The molecule has 0 radical (unpaired) electrons. The van der Waals surface area contributed by atoms with Crippen LogP contribution in [0, 0.1) is 12.8 Å². The Balaban J connectivity index is 1.88. The summed E-state index contributed by atoms with van der Waals surface area (Å²) < 4.78 is 0. The van der Waals surface area contributed by atoms with Gasteiger partial charge in [-0.3, -0.25) is 4.90 Å². The summed E-state index contributed by atoms with van der Waals surface area (Å²) in [5.74, 6) is 0.388. The van der Waals surface area contributed by atoms with Crippen LogP contribution in [0.3, 0.4) is 0 Å². The summed E-state index contributed by atoms with van der Waals surface area (Å²) in [7, 11) is 0. The third kappa shape index (κ3) is 3.05. The molecule has 1 aromatic carbocycles. The van der Waals surface area contributed by atoms with Crippen LogP contribution in [-0.4, -0.2) is 34.7 Å². The lowest BCUT2D eigenvalue weighted by molar-refractivity contribution is 0.115. The Bertz CT molecular complexity index is 644. The molecule has 1 aliphatic rings. The third-order valence-electron chi connectivity index (χ3n) is 4.38. The van der Waals surface area contributed by atoms with Gasteiger partial charge in [-0.15, -0.1) is 0 Å². The van der Waals surface area contributed by atoms with Crippen LogP contribution in [0.1, 0.15) is 24.1 Å². The van der Waals surface area contributed by atoms with E-state index < -0.39 is 0 Å². The van der Waals surface area contributed by atoms with Crippen LogP contribution in [0.4, 0.5) is 0 Å². The lowest BCUT2D eigenvalue weighted by atomic mass is 9.99. The number of hydrogen-bond donors (Lipinski definition) is 1. The molecular weight excluding hydrogens is 284 g/mol. The number of pyridine rings is 1. The highest BCUT2D eigenvalue weighted by atomic mass is 35.5. The van der Waals surface area contributed by atoms with Gasteiger partial charge in [0.05, 0.1) is 16.2 Å². The molecule has 112 valence electrons. The molecule has 0 amide bonds. The number of benzene rings is 1. The SMILES string of the molecule is Cc1c(Cl)c(CN2CCCC(CO)C2)nc2ccccc12. The van der Waals surface area contributed by atoms with Gasteiger partial charge in [-0.05, 0) is 43.9 Å². The van der Waals surface area contributed by atoms with E-state index in [2.05, 4.69) is 17.9 Å². The number of aromatic nitrogens is 1. The molecule has 1 N–H and O–H groups in total. The first-order valence-electron chi connectivity index (χ1n) is 7.56. The van der Waals surface area contributed by atoms with Gasteiger partial charge in [-0.25, -0.2) is 4.98 Å². The first-order valence-corrected chi connectivity index (χ1v) is 7.93. The maximum atomic E-state index is 9.35. The minimum absolute atomic E-state index is 0.272. The Morgan fingerprint density at radius 1 is 1.38 bits per heavy atom. The van der Waals surface area contributed by atoms with Gasteiger partial charge in [0.15, 0.2) is 0 Å². The normalized spacial score (nSPS) is 20.0. The van der Waals surface area contributed by atoms with Crippen LogP contribution >= 0.6 is 11.6 Å². The van der Waals surface area contributed by atoms with E-state index in [0.29, 0.717) is 5.92 Å². The number of hydrogen-bond acceptors (Lipinski definition) is 3. The second kappa shape index (κ2) is 6.30. The maximum absolute atomic E-state index is 9.35. The highest BCUT2D eigenvalue weighted by Gasteiger charge is 2.21. The third-order valence-corrected chi connectivity index (χ3v) is 4.88. The van der Waals surface area contributed by atoms with E-state index in [1.165, 1.54) is 0 Å². The summed E-state index contributed by atoms with van der Waals surface area (Å²) in [6, 6.07) is 8.13. The van der Waals surface area contributed by atoms with Gasteiger partial charge in [0.1, 0.15) is 0 Å². The van der Waals surface area contributed by atoms with Crippen LogP contribution in [0.5, 0.6) is 0 Å². The van der Waals surface area contributed by atoms with Gasteiger partial charge >= 0.3 is 0 Å². The first kappa shape index (κ1) is 14.8. The van der Waals surface area contributed by atoms with E-state index in [-0.39, 0.29) is 6.61 Å². The van der Waals surface area contributed by atoms with Gasteiger partial charge in [0, 0.05) is 25.1 Å². The van der Waals surface area contributed by atoms with Crippen molar-refractivity contribution in [2.24, 2.45) is 5.92 Å². The van der Waals surface area contributed by atoms with Crippen LogP contribution in [-0.2, 0) is 6.54 Å². The molecule has 0 saturated carbocycles. The van der Waals surface area contributed by atoms with Crippen LogP contribution in [0.15, 0.2) is 24.3 Å². The Morgan fingerprint density at radius 3 is 3.00 bits per heavy atom. The molecule has 1 fully saturated rings. The number of nitrogens with zero attached hydrogens (tertiary/aromatic N) is 2. The topological polar surface area (TPSA) is 36.4 Å². The molecule has 21 heavy (non-hydrogen) atoms. The van der Waals surface area contributed by atoms with Gasteiger partial charge in [-0.1, -0.05) is 29.8 Å². The van der Waals surface area contributed by atoms with E-state index in [1.807, 2.05) is 18.2 Å². The summed E-state index contributed by atoms with van der Waals surface area (Å²) in [5, 5.41) is 11.2. The quantitative estimate of drug-likeness (QED) is 0.944. The molecule has 0 bridgehead atoms. The van der Waals surface area contributed by atoms with Crippen molar-refractivity contribution < 1.29 is 5.11 Å². The predicted molar refractivity (Wildman–Crippen MR) is 86.6 cm³/mol. The predicted octanol–water partition coefficient (Wildman–Crippen LogP) is 3.40. The van der Waals surface area contributed by atoms with Crippen LogP contribution < -0.4 is 0 Å². The van der Waals surface area contributed by atoms with Crippen molar-refractivity contribution >= 4 is 22.5 Å². The Morgan fingerprint density at radius 2 is 2.19 bits per heavy atom. The molecule has 1 unspecified atom stereocenters. The van der Waals surface area contributed by atoms with E-state index >= 15 is 0 Å². The minimum atomic E-state index is 0.272. The summed E-state index contributed by atoms with van der Waals surface area (Å²) >= 11 is 6.52. The maximum Gasteiger partial charge on any atom is 0.0740 e. The number of aryl methyl sites for hydroxylation is 1. The monoisotopic (exact) mass is 304 g/mol. The Kier molecular flexibility index (Phi) is 4.43.